The number of amides is 2. The van der Waals surface area contributed by atoms with Crippen LogP contribution < -0.4 is 10.6 Å². The molecule has 6 nitrogen and oxygen atoms in total. The molecule has 0 saturated heterocycles. The lowest BCUT2D eigenvalue weighted by molar-refractivity contribution is -0.116. The monoisotopic (exact) mass is 402 g/mol. The van der Waals surface area contributed by atoms with Crippen LogP contribution in [0.25, 0.3) is 11.0 Å². The fraction of sp³-hybridized carbons (Fsp3) is 0.250. The lowest BCUT2D eigenvalue weighted by Crippen LogP contribution is -2.27. The lowest BCUT2D eigenvalue weighted by Gasteiger charge is -2.10. The second-order valence-corrected chi connectivity index (χ2v) is 6.95. The van der Waals surface area contributed by atoms with Gasteiger partial charge in [-0.3, -0.25) is 9.59 Å². The summed E-state index contributed by atoms with van der Waals surface area (Å²) in [6.45, 7) is 4.18. The standard InChI is InChI=1S/C20H20ClFN4O2/c1-12(2)26-17-8-3-13(11-16(17)25-20(26)21)19(28)23-10-9-18(27)24-15-6-4-14(22)5-7-15/h3-8,11-12H,9-10H2,1-2H3,(H,23,28)(H,24,27). The zero-order chi connectivity index (χ0) is 20.3. The average molecular weight is 403 g/mol. The van der Waals surface area contributed by atoms with Crippen LogP contribution in [0.4, 0.5) is 10.1 Å². The second kappa shape index (κ2) is 8.39. The van der Waals surface area contributed by atoms with E-state index in [1.807, 2.05) is 24.5 Å². The molecule has 0 saturated carbocycles. The predicted molar refractivity (Wildman–Crippen MR) is 107 cm³/mol. The highest BCUT2D eigenvalue weighted by Gasteiger charge is 2.14. The van der Waals surface area contributed by atoms with Gasteiger partial charge in [0.15, 0.2) is 0 Å². The van der Waals surface area contributed by atoms with Gasteiger partial charge in [-0.25, -0.2) is 9.37 Å². The number of fused-ring (bicyclic) bond motifs is 1. The van der Waals surface area contributed by atoms with Gasteiger partial charge in [0.25, 0.3) is 5.91 Å². The van der Waals surface area contributed by atoms with Crippen molar-refractivity contribution >= 4 is 40.1 Å². The van der Waals surface area contributed by atoms with Gasteiger partial charge in [0.1, 0.15) is 5.82 Å². The minimum Gasteiger partial charge on any atom is -0.352 e. The van der Waals surface area contributed by atoms with E-state index in [2.05, 4.69) is 15.6 Å². The average Bonchev–Trinajstić information content (AvgIpc) is 2.98. The van der Waals surface area contributed by atoms with E-state index in [0.717, 1.165) is 5.52 Å². The van der Waals surface area contributed by atoms with Crippen LogP contribution >= 0.6 is 11.6 Å². The Morgan fingerprint density at radius 3 is 2.57 bits per heavy atom. The number of nitrogens with one attached hydrogen (secondary N) is 2. The van der Waals surface area contributed by atoms with Crippen LogP contribution in [0.1, 0.15) is 36.7 Å². The molecule has 1 heterocycles. The molecule has 0 aliphatic rings. The zero-order valence-electron chi connectivity index (χ0n) is 15.5. The minimum absolute atomic E-state index is 0.0964. The summed E-state index contributed by atoms with van der Waals surface area (Å²) in [5.41, 5.74) is 2.44. The van der Waals surface area contributed by atoms with Crippen LogP contribution in [0.5, 0.6) is 0 Å². The molecule has 8 heteroatoms. The van der Waals surface area contributed by atoms with Gasteiger partial charge >= 0.3 is 0 Å². The van der Waals surface area contributed by atoms with Gasteiger partial charge in [0.2, 0.25) is 11.2 Å². The highest BCUT2D eigenvalue weighted by atomic mass is 35.5. The fourth-order valence-corrected chi connectivity index (χ4v) is 3.23. The molecular weight excluding hydrogens is 383 g/mol. The molecule has 0 bridgehead atoms. The van der Waals surface area contributed by atoms with Crippen molar-refractivity contribution in [2.75, 3.05) is 11.9 Å². The number of halogens is 2. The SMILES string of the molecule is CC(C)n1c(Cl)nc2cc(C(=O)NCCC(=O)Nc3ccc(F)cc3)ccc21. The minimum atomic E-state index is -0.373. The van der Waals surface area contributed by atoms with Crippen molar-refractivity contribution in [2.24, 2.45) is 0 Å². The number of nitrogens with zero attached hydrogens (tertiary/aromatic N) is 2. The van der Waals surface area contributed by atoms with Crippen LogP contribution in [0.3, 0.4) is 0 Å². The Morgan fingerprint density at radius 1 is 1.18 bits per heavy atom. The third kappa shape index (κ3) is 4.48. The van der Waals surface area contributed by atoms with Crippen molar-refractivity contribution in [3.8, 4) is 0 Å². The molecule has 28 heavy (non-hydrogen) atoms. The number of benzene rings is 2. The van der Waals surface area contributed by atoms with E-state index in [4.69, 9.17) is 11.6 Å². The first-order chi connectivity index (χ1) is 13.3. The van der Waals surface area contributed by atoms with Gasteiger partial charge < -0.3 is 15.2 Å². The molecule has 146 valence electrons. The van der Waals surface area contributed by atoms with Crippen molar-refractivity contribution in [1.29, 1.82) is 0 Å². The first kappa shape index (κ1) is 19.8. The summed E-state index contributed by atoms with van der Waals surface area (Å²) < 4.78 is 14.8. The maximum absolute atomic E-state index is 12.9. The van der Waals surface area contributed by atoms with E-state index in [0.29, 0.717) is 22.1 Å². The highest BCUT2D eigenvalue weighted by Crippen LogP contribution is 2.25. The van der Waals surface area contributed by atoms with Crippen molar-refractivity contribution < 1.29 is 14.0 Å². The first-order valence-electron chi connectivity index (χ1n) is 8.86. The Kier molecular flexibility index (Phi) is 5.94. The van der Waals surface area contributed by atoms with Crippen molar-refractivity contribution in [1.82, 2.24) is 14.9 Å². The maximum atomic E-state index is 12.9. The van der Waals surface area contributed by atoms with Crippen LogP contribution in [0.15, 0.2) is 42.5 Å². The Hall–Kier alpha value is -2.93. The molecule has 0 fully saturated rings. The van der Waals surface area contributed by atoms with Crippen LogP contribution in [0, 0.1) is 5.82 Å². The lowest BCUT2D eigenvalue weighted by atomic mass is 10.2. The van der Waals surface area contributed by atoms with Gasteiger partial charge in [-0.2, -0.15) is 0 Å². The molecule has 2 amide bonds. The number of hydrogen-bond acceptors (Lipinski definition) is 3. The molecule has 3 rings (SSSR count). The van der Waals surface area contributed by atoms with Gasteiger partial charge in [-0.1, -0.05) is 0 Å². The summed E-state index contributed by atoms with van der Waals surface area (Å²) in [6, 6.07) is 10.8. The Bertz CT molecular complexity index is 1010. The third-order valence-electron chi connectivity index (χ3n) is 4.19. The van der Waals surface area contributed by atoms with Crippen molar-refractivity contribution in [3.05, 3.63) is 59.1 Å². The number of carbonyl (C=O) groups is 2. The molecule has 0 radical (unpaired) electrons. The van der Waals surface area contributed by atoms with E-state index in [1.165, 1.54) is 24.3 Å². The van der Waals surface area contributed by atoms with Gasteiger partial charge in [0, 0.05) is 30.3 Å². The van der Waals surface area contributed by atoms with E-state index in [1.54, 1.807) is 12.1 Å². The molecule has 2 aromatic carbocycles. The summed E-state index contributed by atoms with van der Waals surface area (Å²) >= 11 is 6.17. The highest BCUT2D eigenvalue weighted by molar-refractivity contribution is 6.29. The Labute approximate surface area is 166 Å². The quantitative estimate of drug-likeness (QED) is 0.649. The summed E-state index contributed by atoms with van der Waals surface area (Å²) in [4.78, 5) is 28.5. The van der Waals surface area contributed by atoms with E-state index in [9.17, 15) is 14.0 Å². The largest absolute Gasteiger partial charge is 0.352 e. The number of imidazole rings is 1. The normalized spacial score (nSPS) is 11.0. The van der Waals surface area contributed by atoms with E-state index in [-0.39, 0.29) is 36.6 Å². The van der Waals surface area contributed by atoms with Crippen molar-refractivity contribution in [3.63, 3.8) is 0 Å². The van der Waals surface area contributed by atoms with Gasteiger partial charge in [0.05, 0.1) is 11.0 Å². The topological polar surface area (TPSA) is 76.0 Å². The number of anilines is 1. The number of hydrogen-bond donors (Lipinski definition) is 2. The number of carbonyl (C=O) groups excluding carboxylic acids is 2. The molecule has 1 aromatic heterocycles. The number of aromatic nitrogens is 2. The molecule has 0 unspecified atom stereocenters. The first-order valence-corrected chi connectivity index (χ1v) is 9.24. The fourth-order valence-electron chi connectivity index (χ4n) is 2.85. The number of rotatable bonds is 6. The van der Waals surface area contributed by atoms with Gasteiger partial charge in [-0.15, -0.1) is 0 Å². The molecule has 3 aromatic rings. The zero-order valence-corrected chi connectivity index (χ0v) is 16.3. The molecule has 0 atom stereocenters. The maximum Gasteiger partial charge on any atom is 0.251 e. The summed E-state index contributed by atoms with van der Waals surface area (Å²) in [5, 5.41) is 5.72. The van der Waals surface area contributed by atoms with E-state index >= 15 is 0 Å². The molecule has 0 aliphatic carbocycles. The van der Waals surface area contributed by atoms with Gasteiger partial charge in [-0.05, 0) is 67.9 Å². The Morgan fingerprint density at radius 2 is 1.89 bits per heavy atom. The third-order valence-corrected chi connectivity index (χ3v) is 4.46. The summed E-state index contributed by atoms with van der Waals surface area (Å²) in [6.07, 6.45) is 0.0964. The predicted octanol–water partition coefficient (Wildman–Crippen LogP) is 4.17. The van der Waals surface area contributed by atoms with Crippen LogP contribution in [-0.4, -0.2) is 27.9 Å². The second-order valence-electron chi connectivity index (χ2n) is 6.61. The smallest absolute Gasteiger partial charge is 0.251 e. The summed E-state index contributed by atoms with van der Waals surface area (Å²) in [7, 11) is 0. The van der Waals surface area contributed by atoms with Crippen LogP contribution in [0.2, 0.25) is 5.28 Å². The molecule has 2 N–H and O–H groups in total. The van der Waals surface area contributed by atoms with E-state index < -0.39 is 0 Å². The molecular formula is C20H20ClFN4O2. The molecule has 0 spiro atoms. The van der Waals surface area contributed by atoms with Crippen LogP contribution in [-0.2, 0) is 4.79 Å². The molecule has 0 aliphatic heterocycles. The van der Waals surface area contributed by atoms with Crippen molar-refractivity contribution in [2.45, 2.75) is 26.3 Å². The Balaban J connectivity index is 1.57. The summed E-state index contributed by atoms with van der Waals surface area (Å²) in [5.74, 6) is -0.946.